The van der Waals surface area contributed by atoms with Crippen LogP contribution in [0.1, 0.15) is 23.3 Å². The van der Waals surface area contributed by atoms with Gasteiger partial charge in [0.15, 0.2) is 5.82 Å². The lowest BCUT2D eigenvalue weighted by atomic mass is 10.1. The third-order valence-electron chi connectivity index (χ3n) is 6.40. The normalized spacial score (nSPS) is 22.4. The third kappa shape index (κ3) is 4.28. The highest BCUT2D eigenvalue weighted by atomic mass is 35.5. The van der Waals surface area contributed by atoms with Gasteiger partial charge in [0.1, 0.15) is 5.82 Å². The molecule has 0 bridgehead atoms. The van der Waals surface area contributed by atoms with Gasteiger partial charge in [-0.25, -0.2) is 8.42 Å². The Morgan fingerprint density at radius 2 is 2.09 bits per heavy atom. The zero-order valence-corrected chi connectivity index (χ0v) is 20.5. The van der Waals surface area contributed by atoms with E-state index in [1.807, 2.05) is 37.3 Å². The van der Waals surface area contributed by atoms with Crippen molar-refractivity contribution >= 4 is 33.4 Å². The molecule has 0 amide bonds. The van der Waals surface area contributed by atoms with Gasteiger partial charge in [0.2, 0.25) is 10.0 Å². The monoisotopic (exact) mass is 499 g/mol. The van der Waals surface area contributed by atoms with Crippen LogP contribution >= 0.6 is 11.6 Å². The summed E-state index contributed by atoms with van der Waals surface area (Å²) in [4.78, 5) is 2.20. The van der Waals surface area contributed by atoms with Crippen molar-refractivity contribution in [2.24, 2.45) is 0 Å². The number of benzene rings is 1. The molecule has 1 aromatic carbocycles. The van der Waals surface area contributed by atoms with E-state index in [0.29, 0.717) is 30.4 Å². The second-order valence-electron chi connectivity index (χ2n) is 8.82. The number of nitrogens with one attached hydrogen (secondary N) is 2. The fourth-order valence-corrected chi connectivity index (χ4v) is 5.75. The molecular formula is C23H26ClN7O2S. The summed E-state index contributed by atoms with van der Waals surface area (Å²) in [5.41, 5.74) is 2.23. The number of sulfonamides is 1. The number of halogens is 1. The quantitative estimate of drug-likeness (QED) is 0.566. The lowest BCUT2D eigenvalue weighted by molar-refractivity contribution is 0.244. The smallest absolute Gasteiger partial charge is 0.211 e. The second kappa shape index (κ2) is 8.68. The molecule has 2 N–H and O–H groups in total. The van der Waals surface area contributed by atoms with Crippen molar-refractivity contribution in [2.45, 2.75) is 31.6 Å². The van der Waals surface area contributed by atoms with Gasteiger partial charge in [0.05, 0.1) is 35.8 Å². The summed E-state index contributed by atoms with van der Waals surface area (Å²) >= 11 is 6.22. The number of hydrogen-bond acceptors (Lipinski definition) is 7. The number of fused-ring (bicyclic) bond motifs is 3. The highest BCUT2D eigenvalue weighted by molar-refractivity contribution is 7.88. The van der Waals surface area contributed by atoms with Crippen LogP contribution in [-0.2, 0) is 16.6 Å². The minimum atomic E-state index is -3.15. The summed E-state index contributed by atoms with van der Waals surface area (Å²) in [6.07, 6.45) is 10.9. The van der Waals surface area contributed by atoms with Crippen molar-refractivity contribution in [3.63, 3.8) is 0 Å². The second-order valence-corrected chi connectivity index (χ2v) is 11.2. The molecule has 11 heteroatoms. The average molecular weight is 500 g/mol. The van der Waals surface area contributed by atoms with Crippen molar-refractivity contribution in [3.05, 3.63) is 76.6 Å². The topological polar surface area (TPSA) is 107 Å². The van der Waals surface area contributed by atoms with Gasteiger partial charge in [-0.05, 0) is 49.0 Å². The van der Waals surface area contributed by atoms with Crippen LogP contribution in [0.3, 0.4) is 0 Å². The molecule has 0 spiro atoms. The van der Waals surface area contributed by atoms with Crippen LogP contribution in [0.2, 0.25) is 5.02 Å². The van der Waals surface area contributed by atoms with E-state index in [2.05, 4.69) is 37.1 Å². The summed E-state index contributed by atoms with van der Waals surface area (Å²) in [6, 6.07) is 7.81. The van der Waals surface area contributed by atoms with Crippen molar-refractivity contribution in [1.82, 2.24) is 29.3 Å². The summed E-state index contributed by atoms with van der Waals surface area (Å²) in [5, 5.41) is 21.2. The Morgan fingerprint density at radius 1 is 1.29 bits per heavy atom. The molecule has 0 radical (unpaired) electrons. The molecule has 1 aromatic heterocycles. The van der Waals surface area contributed by atoms with Gasteiger partial charge < -0.3 is 14.8 Å². The van der Waals surface area contributed by atoms with Gasteiger partial charge in [-0.2, -0.15) is 4.31 Å². The molecule has 9 nitrogen and oxygen atoms in total. The Kier molecular flexibility index (Phi) is 5.83. The lowest BCUT2D eigenvalue weighted by Gasteiger charge is -2.37. The highest BCUT2D eigenvalue weighted by Crippen LogP contribution is 2.38. The summed E-state index contributed by atoms with van der Waals surface area (Å²) in [7, 11) is -3.15. The molecule has 178 valence electrons. The fraction of sp³-hybridized carbons (Fsp3) is 0.348. The molecule has 2 atom stereocenters. The number of nitrogens with zero attached hydrogens (tertiary/aromatic N) is 5. The van der Waals surface area contributed by atoms with Crippen molar-refractivity contribution in [2.75, 3.05) is 19.3 Å². The summed E-state index contributed by atoms with van der Waals surface area (Å²) < 4.78 is 26.6. The average Bonchev–Trinajstić information content (AvgIpc) is 3.29. The largest absolute Gasteiger partial charge is 0.385 e. The molecule has 2 unspecified atom stereocenters. The first-order chi connectivity index (χ1) is 16.2. The molecule has 1 saturated heterocycles. The van der Waals surface area contributed by atoms with Gasteiger partial charge >= 0.3 is 0 Å². The number of aromatic nitrogens is 3. The first-order valence-corrected chi connectivity index (χ1v) is 13.2. The maximum absolute atomic E-state index is 11.5. The summed E-state index contributed by atoms with van der Waals surface area (Å²) in [6.45, 7) is 3.41. The van der Waals surface area contributed by atoms with Gasteiger partial charge in [-0.1, -0.05) is 29.8 Å². The Morgan fingerprint density at radius 3 is 2.82 bits per heavy atom. The summed E-state index contributed by atoms with van der Waals surface area (Å²) in [5.74, 6) is 1.64. The zero-order valence-electron chi connectivity index (χ0n) is 18.9. The van der Waals surface area contributed by atoms with Crippen molar-refractivity contribution < 1.29 is 8.42 Å². The Balaban J connectivity index is 1.36. The Bertz CT molecular complexity index is 1320. The van der Waals surface area contributed by atoms with E-state index in [4.69, 9.17) is 17.0 Å². The van der Waals surface area contributed by atoms with Crippen LogP contribution in [0.25, 0.3) is 6.08 Å². The molecule has 0 saturated carbocycles. The predicted molar refractivity (Wildman–Crippen MR) is 132 cm³/mol. The first kappa shape index (κ1) is 22.8. The van der Waals surface area contributed by atoms with Crippen LogP contribution in [-0.4, -0.2) is 69.5 Å². The third-order valence-corrected chi connectivity index (χ3v) is 7.87. The van der Waals surface area contributed by atoms with E-state index in [-0.39, 0.29) is 18.1 Å². The fourth-order valence-electron chi connectivity index (χ4n) is 4.63. The van der Waals surface area contributed by atoms with Gasteiger partial charge in [0.25, 0.3) is 0 Å². The molecule has 34 heavy (non-hydrogen) atoms. The lowest BCUT2D eigenvalue weighted by Crippen LogP contribution is -2.58. The molecule has 4 heterocycles. The van der Waals surface area contributed by atoms with E-state index in [0.717, 1.165) is 22.9 Å². The Labute approximate surface area is 204 Å². The number of allylic oxidation sites excluding steroid dienone is 1. The molecule has 5 rings (SSSR count). The maximum Gasteiger partial charge on any atom is 0.211 e. The first-order valence-electron chi connectivity index (χ1n) is 11.0. The van der Waals surface area contributed by atoms with Crippen LogP contribution in [0, 0.1) is 12.3 Å². The standard InChI is InChI=1S/C23H26ClN7O2S/c1-15-27-28-23-7-6-20-22(31(15)23)11-21(30(20)12-16-4-3-5-17(24)10-16)19(25)8-9-26-18-13-29(14-18)34(2,32)33/h3-11,18,20,22,25-26H,12-14H2,1-2H3/b9-8-,25-19?. The van der Waals surface area contributed by atoms with Crippen LogP contribution in [0.15, 0.2) is 54.4 Å². The van der Waals surface area contributed by atoms with E-state index < -0.39 is 10.0 Å². The van der Waals surface area contributed by atoms with Gasteiger partial charge in [-0.15, -0.1) is 10.2 Å². The number of rotatable bonds is 7. The van der Waals surface area contributed by atoms with Gasteiger partial charge in [0, 0.05) is 24.7 Å². The number of aryl methyl sites for hydroxylation is 1. The highest BCUT2D eigenvalue weighted by Gasteiger charge is 2.39. The zero-order chi connectivity index (χ0) is 24.0. The molecule has 2 aromatic rings. The van der Waals surface area contributed by atoms with E-state index >= 15 is 0 Å². The minimum Gasteiger partial charge on any atom is -0.385 e. The molecular weight excluding hydrogens is 474 g/mol. The molecule has 3 aliphatic rings. The molecule has 0 aliphatic carbocycles. The molecule has 3 aliphatic heterocycles. The van der Waals surface area contributed by atoms with Crippen LogP contribution in [0.4, 0.5) is 0 Å². The molecule has 1 fully saturated rings. The van der Waals surface area contributed by atoms with E-state index in [9.17, 15) is 8.42 Å². The van der Waals surface area contributed by atoms with Crippen LogP contribution < -0.4 is 5.32 Å². The number of hydrogen-bond donors (Lipinski definition) is 2. The van der Waals surface area contributed by atoms with Gasteiger partial charge in [-0.3, -0.25) is 5.41 Å². The van der Waals surface area contributed by atoms with Crippen LogP contribution in [0.5, 0.6) is 0 Å². The maximum atomic E-state index is 11.5. The van der Waals surface area contributed by atoms with Crippen molar-refractivity contribution in [1.29, 1.82) is 5.41 Å². The SMILES string of the molecule is Cc1nnc2n1C1C=C(C(=N)/C=C\NC3CN(S(C)(=O)=O)C3)N(Cc3cccc(Cl)c3)C1C=C2. The Hall–Kier alpha value is -2.95. The predicted octanol–water partition coefficient (Wildman–Crippen LogP) is 2.34. The van der Waals surface area contributed by atoms with E-state index in [1.165, 1.54) is 10.6 Å². The van der Waals surface area contributed by atoms with Crippen molar-refractivity contribution in [3.8, 4) is 0 Å². The minimum absolute atomic E-state index is 0.0131. The van der Waals surface area contributed by atoms with E-state index in [1.54, 1.807) is 12.3 Å².